The van der Waals surface area contributed by atoms with Gasteiger partial charge in [0.25, 0.3) is 0 Å². The highest BCUT2D eigenvalue weighted by molar-refractivity contribution is 9.10. The van der Waals surface area contributed by atoms with Crippen LogP contribution in [0.5, 0.6) is 0 Å². The van der Waals surface area contributed by atoms with Crippen molar-refractivity contribution in [2.45, 2.75) is 33.2 Å². The van der Waals surface area contributed by atoms with Crippen LogP contribution in [-0.2, 0) is 0 Å². The minimum Gasteiger partial charge on any atom is -0.377 e. The fourth-order valence-electron chi connectivity index (χ4n) is 2.17. The van der Waals surface area contributed by atoms with Gasteiger partial charge in [0.05, 0.1) is 6.04 Å². The molecule has 0 radical (unpaired) electrons. The van der Waals surface area contributed by atoms with Crippen LogP contribution < -0.4 is 5.32 Å². The zero-order chi connectivity index (χ0) is 13.8. The zero-order valence-corrected chi connectivity index (χ0v) is 13.3. The van der Waals surface area contributed by atoms with E-state index in [1.807, 2.05) is 0 Å². The quantitative estimate of drug-likeness (QED) is 0.770. The summed E-state index contributed by atoms with van der Waals surface area (Å²) >= 11 is 3.66. The first-order chi connectivity index (χ1) is 9.11. The Morgan fingerprint density at radius 1 is 1.05 bits per heavy atom. The largest absolute Gasteiger partial charge is 0.377 e. The first-order valence-corrected chi connectivity index (χ1v) is 7.49. The highest BCUT2D eigenvalue weighted by Crippen LogP contribution is 2.30. The number of hydrogen-bond donors (Lipinski definition) is 1. The zero-order valence-electron chi connectivity index (χ0n) is 11.7. The van der Waals surface area contributed by atoms with Gasteiger partial charge in [-0.1, -0.05) is 48.9 Å². The molecule has 0 aliphatic carbocycles. The molecule has 2 aromatic carbocycles. The van der Waals surface area contributed by atoms with Crippen LogP contribution in [0.15, 0.2) is 46.9 Å². The van der Waals surface area contributed by atoms with Crippen molar-refractivity contribution in [3.63, 3.8) is 0 Å². The molecule has 0 spiro atoms. The lowest BCUT2D eigenvalue weighted by molar-refractivity contribution is 0.748. The van der Waals surface area contributed by atoms with Crippen molar-refractivity contribution in [3.8, 4) is 0 Å². The second kappa shape index (κ2) is 6.25. The maximum atomic E-state index is 3.66. The van der Waals surface area contributed by atoms with Gasteiger partial charge in [0.15, 0.2) is 0 Å². The van der Waals surface area contributed by atoms with Gasteiger partial charge in [-0.05, 0) is 53.4 Å². The smallest absolute Gasteiger partial charge is 0.0511 e. The van der Waals surface area contributed by atoms with Crippen molar-refractivity contribution >= 4 is 21.6 Å². The summed E-state index contributed by atoms with van der Waals surface area (Å²) in [5.41, 5.74) is 5.05. The third-order valence-electron chi connectivity index (χ3n) is 3.41. The average molecular weight is 318 g/mol. The molecule has 0 amide bonds. The van der Waals surface area contributed by atoms with E-state index in [-0.39, 0.29) is 0 Å². The van der Waals surface area contributed by atoms with Crippen molar-refractivity contribution in [2.75, 3.05) is 5.32 Å². The normalized spacial score (nSPS) is 12.2. The lowest BCUT2D eigenvalue weighted by Gasteiger charge is -2.20. The van der Waals surface area contributed by atoms with Crippen LogP contribution in [0.4, 0.5) is 5.69 Å². The van der Waals surface area contributed by atoms with Gasteiger partial charge in [-0.25, -0.2) is 0 Å². The number of anilines is 1. The van der Waals surface area contributed by atoms with Crippen molar-refractivity contribution in [1.82, 2.24) is 0 Å². The molecule has 19 heavy (non-hydrogen) atoms. The summed E-state index contributed by atoms with van der Waals surface area (Å²) in [7, 11) is 0. The van der Waals surface area contributed by atoms with E-state index in [4.69, 9.17) is 0 Å². The Morgan fingerprint density at radius 2 is 1.74 bits per heavy atom. The standard InChI is InChI=1S/C17H20BrN/c1-4-15(14-10-8-12(2)9-11-14)19-16-7-5-6-13(3)17(16)18/h5-11,15,19H,4H2,1-3H3. The van der Waals surface area contributed by atoms with E-state index in [1.165, 1.54) is 16.7 Å². The van der Waals surface area contributed by atoms with Crippen molar-refractivity contribution in [1.29, 1.82) is 0 Å². The van der Waals surface area contributed by atoms with E-state index in [9.17, 15) is 0 Å². The van der Waals surface area contributed by atoms with Gasteiger partial charge in [-0.3, -0.25) is 0 Å². The molecular weight excluding hydrogens is 298 g/mol. The van der Waals surface area contributed by atoms with Gasteiger partial charge in [0, 0.05) is 10.2 Å². The van der Waals surface area contributed by atoms with E-state index in [0.717, 1.165) is 16.6 Å². The van der Waals surface area contributed by atoms with E-state index < -0.39 is 0 Å². The molecule has 0 heterocycles. The van der Waals surface area contributed by atoms with Crippen LogP contribution in [0.2, 0.25) is 0 Å². The third kappa shape index (κ3) is 3.38. The lowest BCUT2D eigenvalue weighted by Crippen LogP contribution is -2.10. The molecule has 1 unspecified atom stereocenters. The maximum absolute atomic E-state index is 3.66. The Morgan fingerprint density at radius 3 is 2.37 bits per heavy atom. The molecule has 0 fully saturated rings. The number of rotatable bonds is 4. The second-order valence-electron chi connectivity index (χ2n) is 4.95. The molecule has 100 valence electrons. The molecule has 0 bridgehead atoms. The van der Waals surface area contributed by atoms with Gasteiger partial charge < -0.3 is 5.32 Å². The number of aryl methyl sites for hydroxylation is 2. The molecular formula is C17H20BrN. The van der Waals surface area contributed by atoms with Gasteiger partial charge in [0.2, 0.25) is 0 Å². The number of nitrogens with one attached hydrogen (secondary N) is 1. The molecule has 2 aromatic rings. The Labute approximate surface area is 124 Å². The predicted octanol–water partition coefficient (Wildman–Crippen LogP) is 5.63. The molecule has 2 heteroatoms. The van der Waals surface area contributed by atoms with Gasteiger partial charge >= 0.3 is 0 Å². The SMILES string of the molecule is CCC(Nc1cccc(C)c1Br)c1ccc(C)cc1. The van der Waals surface area contributed by atoms with E-state index >= 15 is 0 Å². The van der Waals surface area contributed by atoms with Crippen LogP contribution in [-0.4, -0.2) is 0 Å². The summed E-state index contributed by atoms with van der Waals surface area (Å²) in [6.45, 7) is 6.44. The summed E-state index contributed by atoms with van der Waals surface area (Å²) in [5.74, 6) is 0. The topological polar surface area (TPSA) is 12.0 Å². The van der Waals surface area contributed by atoms with Crippen LogP contribution in [0.25, 0.3) is 0 Å². The molecule has 0 saturated heterocycles. The van der Waals surface area contributed by atoms with Crippen molar-refractivity contribution in [2.24, 2.45) is 0 Å². The predicted molar refractivity (Wildman–Crippen MR) is 86.7 cm³/mol. The molecule has 1 nitrogen and oxygen atoms in total. The first-order valence-electron chi connectivity index (χ1n) is 6.70. The fraction of sp³-hybridized carbons (Fsp3) is 0.294. The maximum Gasteiger partial charge on any atom is 0.0511 e. The summed E-state index contributed by atoms with van der Waals surface area (Å²) in [4.78, 5) is 0. The second-order valence-corrected chi connectivity index (χ2v) is 5.75. The minimum absolute atomic E-state index is 0.346. The summed E-state index contributed by atoms with van der Waals surface area (Å²) in [6.07, 6.45) is 1.06. The van der Waals surface area contributed by atoms with Crippen LogP contribution in [0.3, 0.4) is 0 Å². The molecule has 1 atom stereocenters. The Kier molecular flexibility index (Phi) is 4.65. The molecule has 0 aliphatic heterocycles. The highest BCUT2D eigenvalue weighted by Gasteiger charge is 2.11. The summed E-state index contributed by atoms with van der Waals surface area (Å²) in [6, 6.07) is 15.4. The molecule has 0 saturated carbocycles. The van der Waals surface area contributed by atoms with Crippen molar-refractivity contribution < 1.29 is 0 Å². The molecule has 1 N–H and O–H groups in total. The summed E-state index contributed by atoms with van der Waals surface area (Å²) in [5, 5.41) is 3.63. The summed E-state index contributed by atoms with van der Waals surface area (Å²) < 4.78 is 1.15. The van der Waals surface area contributed by atoms with Crippen LogP contribution in [0.1, 0.15) is 36.1 Å². The van der Waals surface area contributed by atoms with Gasteiger partial charge in [0.1, 0.15) is 0 Å². The molecule has 2 rings (SSSR count). The Hall–Kier alpha value is -1.28. The Bertz CT molecular complexity index is 546. The number of halogens is 1. The van der Waals surface area contributed by atoms with Crippen LogP contribution in [0, 0.1) is 13.8 Å². The lowest BCUT2D eigenvalue weighted by atomic mass is 10.0. The van der Waals surface area contributed by atoms with Crippen LogP contribution >= 0.6 is 15.9 Å². The third-order valence-corrected chi connectivity index (χ3v) is 4.46. The van der Waals surface area contributed by atoms with E-state index in [1.54, 1.807) is 0 Å². The molecule has 0 aromatic heterocycles. The van der Waals surface area contributed by atoms with Gasteiger partial charge in [-0.2, -0.15) is 0 Å². The minimum atomic E-state index is 0.346. The highest BCUT2D eigenvalue weighted by atomic mass is 79.9. The first kappa shape index (κ1) is 14.1. The van der Waals surface area contributed by atoms with Crippen molar-refractivity contribution in [3.05, 3.63) is 63.6 Å². The average Bonchev–Trinajstić information content (AvgIpc) is 2.42. The number of hydrogen-bond acceptors (Lipinski definition) is 1. The Balaban J connectivity index is 2.24. The van der Waals surface area contributed by atoms with Gasteiger partial charge in [-0.15, -0.1) is 0 Å². The monoisotopic (exact) mass is 317 g/mol. The van der Waals surface area contributed by atoms with E-state index in [0.29, 0.717) is 6.04 Å². The number of benzene rings is 2. The van der Waals surface area contributed by atoms with E-state index in [2.05, 4.69) is 84.5 Å². The molecule has 0 aliphatic rings. The fourth-order valence-corrected chi connectivity index (χ4v) is 2.55.